The average Bonchev–Trinajstić information content (AvgIpc) is 3.89. The molecule has 7 aromatic rings. The molecule has 0 radical (unpaired) electrons. The Labute approximate surface area is 350 Å². The van der Waals surface area contributed by atoms with Gasteiger partial charge in [0, 0.05) is 23.5 Å². The number of aromatic amines is 1. The molecule has 60 heavy (non-hydrogen) atoms. The summed E-state index contributed by atoms with van der Waals surface area (Å²) in [6.45, 7) is -1.79. The zero-order valence-electron chi connectivity index (χ0n) is 33.0. The van der Waals surface area contributed by atoms with Gasteiger partial charge in [-0.2, -0.15) is 4.98 Å². The van der Waals surface area contributed by atoms with E-state index in [0.717, 1.165) is 33.0 Å². The number of ether oxygens (including phenoxy) is 4. The second kappa shape index (κ2) is 17.7. The highest BCUT2D eigenvalue weighted by molar-refractivity contribution is 8.56. The molecule has 0 bridgehead atoms. The molecule has 15 heteroatoms. The van der Waals surface area contributed by atoms with Gasteiger partial charge in [0.25, 0.3) is 18.0 Å². The van der Waals surface area contributed by atoms with E-state index < -0.39 is 42.1 Å². The number of carbonyl (C=O) groups excluding carboxylic acids is 1. The first-order valence-corrected chi connectivity index (χ1v) is 22.6. The molecule has 0 spiro atoms. The van der Waals surface area contributed by atoms with Gasteiger partial charge in [0.05, 0.1) is 33.3 Å². The van der Waals surface area contributed by atoms with Crippen LogP contribution in [0.3, 0.4) is 0 Å². The van der Waals surface area contributed by atoms with Crippen LogP contribution in [0.15, 0.2) is 156 Å². The van der Waals surface area contributed by atoms with Crippen LogP contribution in [-0.4, -0.2) is 65.1 Å². The first kappa shape index (κ1) is 40.7. The summed E-state index contributed by atoms with van der Waals surface area (Å²) in [6, 6.07) is 43.3. The third-order valence-electron chi connectivity index (χ3n) is 10.2. The van der Waals surface area contributed by atoms with Gasteiger partial charge in [0.1, 0.15) is 29.4 Å². The fraction of sp³-hybridized carbons (Fsp3) is 0.200. The van der Waals surface area contributed by atoms with Gasteiger partial charge in [-0.1, -0.05) is 91.0 Å². The Morgan fingerprint density at radius 1 is 0.850 bits per heavy atom. The van der Waals surface area contributed by atoms with Crippen molar-refractivity contribution < 1.29 is 32.8 Å². The van der Waals surface area contributed by atoms with E-state index >= 15 is 0 Å². The quantitative estimate of drug-likeness (QED) is 0.0752. The first-order valence-electron chi connectivity index (χ1n) is 19.1. The van der Waals surface area contributed by atoms with Crippen LogP contribution in [-0.2, 0) is 24.2 Å². The fourth-order valence-corrected chi connectivity index (χ4v) is 10.7. The zero-order chi connectivity index (χ0) is 41.7. The normalized spacial score (nSPS) is 17.6. The predicted octanol–water partition coefficient (Wildman–Crippen LogP) is 8.69. The average molecular weight is 844 g/mol. The van der Waals surface area contributed by atoms with Crippen LogP contribution in [0.25, 0.3) is 11.2 Å². The molecule has 1 saturated heterocycles. The van der Waals surface area contributed by atoms with Crippen LogP contribution in [0.4, 0.5) is 5.95 Å². The van der Waals surface area contributed by atoms with Crippen LogP contribution in [0.5, 0.6) is 11.5 Å². The minimum atomic E-state index is -3.36. The van der Waals surface area contributed by atoms with Gasteiger partial charge in [-0.05, 0) is 76.6 Å². The number of imidazole rings is 1. The van der Waals surface area contributed by atoms with E-state index in [2.05, 4.69) is 20.3 Å². The van der Waals surface area contributed by atoms with Crippen molar-refractivity contribution in [2.45, 2.75) is 35.4 Å². The lowest BCUT2D eigenvalue weighted by Crippen LogP contribution is -2.38. The van der Waals surface area contributed by atoms with Crippen molar-refractivity contribution in [1.82, 2.24) is 19.5 Å². The van der Waals surface area contributed by atoms with Crippen molar-refractivity contribution in [2.75, 3.05) is 32.8 Å². The molecule has 13 nitrogen and oxygen atoms in total. The van der Waals surface area contributed by atoms with E-state index in [-0.39, 0.29) is 30.1 Å². The van der Waals surface area contributed by atoms with Crippen molar-refractivity contribution in [3.05, 3.63) is 178 Å². The van der Waals surface area contributed by atoms with E-state index in [9.17, 15) is 14.2 Å². The number of benzene rings is 5. The van der Waals surface area contributed by atoms with Crippen molar-refractivity contribution in [3.8, 4) is 11.5 Å². The molecule has 1 aliphatic rings. The molecular formula is C45H42N5O8PS. The van der Waals surface area contributed by atoms with Crippen molar-refractivity contribution in [2.24, 2.45) is 0 Å². The fourth-order valence-electron chi connectivity index (χ4n) is 7.32. The highest BCUT2D eigenvalue weighted by Crippen LogP contribution is 2.62. The molecule has 4 atom stereocenters. The van der Waals surface area contributed by atoms with Gasteiger partial charge in [0.2, 0.25) is 5.95 Å². The van der Waals surface area contributed by atoms with Gasteiger partial charge >= 0.3 is 0 Å². The molecule has 5 aromatic carbocycles. The molecule has 3 heterocycles. The molecule has 1 aliphatic heterocycles. The number of hydrogen-bond acceptors (Lipinski definition) is 11. The molecule has 0 aliphatic carbocycles. The van der Waals surface area contributed by atoms with Gasteiger partial charge < -0.3 is 23.5 Å². The van der Waals surface area contributed by atoms with Crippen LogP contribution < -0.4 is 20.3 Å². The Hall–Kier alpha value is -6.02. The van der Waals surface area contributed by atoms with Crippen LogP contribution >= 0.6 is 18.0 Å². The van der Waals surface area contributed by atoms with Gasteiger partial charge in [-0.3, -0.25) is 29.0 Å². The number of nitrogens with zero attached hydrogens (tertiary/aromatic N) is 3. The molecular weight excluding hydrogens is 802 g/mol. The Balaban J connectivity index is 1.17. The number of hydrogen-bond donors (Lipinski definition) is 2. The number of rotatable bonds is 15. The topological polar surface area (TPSA) is 156 Å². The predicted molar refractivity (Wildman–Crippen MR) is 230 cm³/mol. The molecule has 1 amide bonds. The van der Waals surface area contributed by atoms with E-state index in [4.69, 9.17) is 23.5 Å². The number of amides is 1. The Bertz CT molecular complexity index is 2620. The molecule has 0 unspecified atom stereocenters. The van der Waals surface area contributed by atoms with E-state index in [0.29, 0.717) is 17.1 Å². The second-order valence-corrected chi connectivity index (χ2v) is 19.0. The van der Waals surface area contributed by atoms with Gasteiger partial charge in [-0.15, -0.1) is 0 Å². The molecule has 0 saturated carbocycles. The number of fused-ring (bicyclic) bond motifs is 1. The lowest BCUT2D eigenvalue weighted by atomic mass is 9.80. The van der Waals surface area contributed by atoms with Gasteiger partial charge in [0.15, 0.2) is 11.2 Å². The summed E-state index contributed by atoms with van der Waals surface area (Å²) in [5, 5.41) is 2.68. The molecule has 306 valence electrons. The van der Waals surface area contributed by atoms with Crippen molar-refractivity contribution in [3.63, 3.8) is 0 Å². The summed E-state index contributed by atoms with van der Waals surface area (Å²) in [5.74, 6) is 0.862. The van der Waals surface area contributed by atoms with Gasteiger partial charge in [-0.25, -0.2) is 4.98 Å². The number of H-pyrrole nitrogens is 1. The molecule has 2 aromatic heterocycles. The summed E-state index contributed by atoms with van der Waals surface area (Å²) >= 11 is 1.16. The van der Waals surface area contributed by atoms with E-state index in [1.165, 1.54) is 6.33 Å². The minimum absolute atomic E-state index is 0.0247. The smallest absolute Gasteiger partial charge is 0.280 e. The zero-order valence-corrected chi connectivity index (χ0v) is 34.7. The lowest BCUT2D eigenvalue weighted by molar-refractivity contribution is -0.0897. The summed E-state index contributed by atoms with van der Waals surface area (Å²) in [7, 11) is 3.24. The highest BCUT2D eigenvalue weighted by atomic mass is 32.7. The van der Waals surface area contributed by atoms with Crippen LogP contribution in [0.1, 0.15) is 39.7 Å². The minimum Gasteiger partial charge on any atom is -0.497 e. The summed E-state index contributed by atoms with van der Waals surface area (Å²) in [4.78, 5) is 38.7. The first-order chi connectivity index (χ1) is 29.2. The number of methoxy groups -OCH3 is 2. The van der Waals surface area contributed by atoms with Crippen LogP contribution in [0.2, 0.25) is 0 Å². The largest absolute Gasteiger partial charge is 0.497 e. The SMILES string of the molecule is COc1ccc(C(OC[C@H]2O[C@@H](n3cnc4c(=O)[nH]c(NC(=O)c5ccccc5)nc43)C[C@@H]2O[P@](C)(=O)Sc2ccccc2)(c2ccccc2)c2ccc(OC)cc2)cc1. The monoisotopic (exact) mass is 843 g/mol. The summed E-state index contributed by atoms with van der Waals surface area (Å²) < 4.78 is 47.5. The number of nitrogens with one attached hydrogen (secondary N) is 2. The lowest BCUT2D eigenvalue weighted by Gasteiger charge is -2.37. The summed E-state index contributed by atoms with van der Waals surface area (Å²) in [6.07, 6.45) is -0.644. The van der Waals surface area contributed by atoms with E-state index in [1.54, 1.807) is 55.8 Å². The molecule has 8 rings (SSSR count). The number of aromatic nitrogens is 4. The van der Waals surface area contributed by atoms with Crippen molar-refractivity contribution in [1.29, 1.82) is 0 Å². The van der Waals surface area contributed by atoms with E-state index in [1.807, 2.05) is 109 Å². The molecule has 1 fully saturated rings. The second-order valence-electron chi connectivity index (χ2n) is 14.1. The number of carbonyl (C=O) groups is 1. The Kier molecular flexibility index (Phi) is 12.0. The van der Waals surface area contributed by atoms with Crippen LogP contribution in [0, 0.1) is 0 Å². The highest BCUT2D eigenvalue weighted by Gasteiger charge is 2.45. The standard InChI is InChI=1S/C45H42N5O8PS/c1-54-34-23-19-32(20-24-34)45(31-15-9-5-10-16-31,33-21-25-35(55-2)26-22-33)56-28-38-37(58-59(3,53)60-36-17-11-6-12-18-36)27-39(57-38)50-29-46-40-41(50)47-44(49-43(40)52)48-42(51)30-13-7-4-8-14-30/h4-26,29,37-39H,27-28H2,1-3H3,(H2,47,48,49,51,52)/t37-,38+,39+,59-/m0/s1. The maximum atomic E-state index is 14.3. The Morgan fingerprint density at radius 2 is 1.42 bits per heavy atom. The maximum Gasteiger partial charge on any atom is 0.280 e. The maximum absolute atomic E-state index is 14.3. The number of anilines is 1. The summed E-state index contributed by atoms with van der Waals surface area (Å²) in [5.41, 5.74) is 1.39. The third kappa shape index (κ3) is 8.65. The Morgan fingerprint density at radius 3 is 2.02 bits per heavy atom. The third-order valence-corrected chi connectivity index (χ3v) is 13.5. The molecule has 2 N–H and O–H groups in total. The van der Waals surface area contributed by atoms with Crippen molar-refractivity contribution >= 4 is 41.0 Å².